The molecule has 2 heterocycles. The van der Waals surface area contributed by atoms with Gasteiger partial charge in [0.25, 0.3) is 0 Å². The topological polar surface area (TPSA) is 100 Å². The highest BCUT2D eigenvalue weighted by Crippen LogP contribution is 2.35. The van der Waals surface area contributed by atoms with Crippen LogP contribution in [0.2, 0.25) is 0 Å². The summed E-state index contributed by atoms with van der Waals surface area (Å²) in [6.45, 7) is 6.83. The average molecular weight is 603 g/mol. The molecule has 4 rings (SSSR count). The Hall–Kier alpha value is -2.44. The number of aliphatic hydroxyl groups is 1. The predicted octanol–water partition coefficient (Wildman–Crippen LogP) is 3.39. The maximum absolute atomic E-state index is 10.3. The van der Waals surface area contributed by atoms with Crippen molar-refractivity contribution in [3.05, 3.63) is 53.6 Å². The molecule has 0 saturated carbocycles. The minimum Gasteiger partial charge on any atom is -0.494 e. The summed E-state index contributed by atoms with van der Waals surface area (Å²) >= 11 is 0. The van der Waals surface area contributed by atoms with Crippen molar-refractivity contribution >= 4 is 5.69 Å². The molecule has 0 aromatic heterocycles. The minimum atomic E-state index is -0.689. The van der Waals surface area contributed by atoms with Gasteiger partial charge in [-0.1, -0.05) is 18.2 Å². The van der Waals surface area contributed by atoms with Crippen LogP contribution in [0.1, 0.15) is 36.3 Å². The fourth-order valence-electron chi connectivity index (χ4n) is 5.66. The van der Waals surface area contributed by atoms with Crippen molar-refractivity contribution < 1.29 is 38.3 Å². The third kappa shape index (κ3) is 10.3. The zero-order chi connectivity index (χ0) is 30.3. The lowest BCUT2D eigenvalue weighted by molar-refractivity contribution is -0.0856. The molecule has 2 aliphatic rings. The smallest absolute Gasteiger partial charge is 0.142 e. The molecule has 0 radical (unpaired) electrons. The molecule has 10 heteroatoms. The van der Waals surface area contributed by atoms with Crippen LogP contribution >= 0.6 is 0 Å². The lowest BCUT2D eigenvalue weighted by Crippen LogP contribution is -2.51. The van der Waals surface area contributed by atoms with E-state index in [-0.39, 0.29) is 31.3 Å². The Morgan fingerprint density at radius 2 is 1.63 bits per heavy atom. The highest BCUT2D eigenvalue weighted by atomic mass is 16.5. The molecule has 43 heavy (non-hydrogen) atoms. The Morgan fingerprint density at radius 1 is 0.884 bits per heavy atom. The van der Waals surface area contributed by atoms with Crippen LogP contribution in [-0.2, 0) is 30.3 Å². The monoisotopic (exact) mass is 602 g/mol. The normalized spacial score (nSPS) is 20.8. The summed E-state index contributed by atoms with van der Waals surface area (Å²) in [7, 11) is 5.03. The average Bonchev–Trinajstić information content (AvgIpc) is 3.03. The van der Waals surface area contributed by atoms with Gasteiger partial charge in [-0.25, -0.2) is 0 Å². The maximum atomic E-state index is 10.3. The Kier molecular flexibility index (Phi) is 14.3. The number of anilines is 1. The predicted molar refractivity (Wildman–Crippen MR) is 166 cm³/mol. The van der Waals surface area contributed by atoms with Gasteiger partial charge in [-0.05, 0) is 54.7 Å². The number of fused-ring (bicyclic) bond motifs is 1. The number of hydrogen-bond donors (Lipinski definition) is 2. The quantitative estimate of drug-likeness (QED) is 0.233. The number of nitrogens with zero attached hydrogens (tertiary/aromatic N) is 1. The third-order valence-electron chi connectivity index (χ3n) is 7.85. The van der Waals surface area contributed by atoms with Crippen LogP contribution in [0.15, 0.2) is 42.5 Å². The first kappa shape index (κ1) is 33.5. The summed E-state index contributed by atoms with van der Waals surface area (Å²) < 4.78 is 40.2. The fraction of sp³-hybridized carbons (Fsp3) is 0.636. The first-order chi connectivity index (χ1) is 21.1. The summed E-state index contributed by atoms with van der Waals surface area (Å²) in [5.74, 6) is 1.72. The molecular formula is C33H50N2O8. The highest BCUT2D eigenvalue weighted by Gasteiger charge is 2.36. The van der Waals surface area contributed by atoms with Crippen molar-refractivity contribution in [1.82, 2.24) is 5.32 Å². The van der Waals surface area contributed by atoms with Gasteiger partial charge in [0.2, 0.25) is 0 Å². The van der Waals surface area contributed by atoms with Crippen LogP contribution in [0.5, 0.6) is 11.5 Å². The molecule has 0 amide bonds. The lowest BCUT2D eigenvalue weighted by Gasteiger charge is -2.39. The van der Waals surface area contributed by atoms with E-state index in [1.165, 1.54) is 0 Å². The van der Waals surface area contributed by atoms with Gasteiger partial charge in [-0.15, -0.1) is 0 Å². The number of ether oxygens (including phenoxy) is 7. The van der Waals surface area contributed by atoms with Gasteiger partial charge < -0.3 is 48.5 Å². The Morgan fingerprint density at radius 3 is 2.40 bits per heavy atom. The second-order valence-corrected chi connectivity index (χ2v) is 11.1. The van der Waals surface area contributed by atoms with Crippen LogP contribution < -0.4 is 19.7 Å². The van der Waals surface area contributed by atoms with Crippen molar-refractivity contribution in [3.63, 3.8) is 0 Å². The fourth-order valence-corrected chi connectivity index (χ4v) is 5.66. The van der Waals surface area contributed by atoms with E-state index in [2.05, 4.69) is 34.5 Å². The Bertz CT molecular complexity index is 1060. The first-order valence-corrected chi connectivity index (χ1v) is 15.4. The van der Waals surface area contributed by atoms with Gasteiger partial charge in [-0.2, -0.15) is 0 Å². The van der Waals surface area contributed by atoms with Crippen LogP contribution in [0, 0.1) is 0 Å². The molecule has 2 unspecified atom stereocenters. The van der Waals surface area contributed by atoms with E-state index in [1.54, 1.807) is 21.3 Å². The molecule has 1 fully saturated rings. The molecule has 0 spiro atoms. The van der Waals surface area contributed by atoms with Crippen molar-refractivity contribution in [1.29, 1.82) is 0 Å². The van der Waals surface area contributed by atoms with E-state index >= 15 is 0 Å². The van der Waals surface area contributed by atoms with E-state index in [1.807, 2.05) is 18.2 Å². The molecule has 0 aliphatic carbocycles. The summed E-state index contributed by atoms with van der Waals surface area (Å²) in [6.07, 6.45) is 1.87. The highest BCUT2D eigenvalue weighted by molar-refractivity contribution is 5.61. The maximum Gasteiger partial charge on any atom is 0.142 e. The number of rotatable bonds is 19. The first-order valence-electron chi connectivity index (χ1n) is 15.4. The van der Waals surface area contributed by atoms with Gasteiger partial charge in [0.1, 0.15) is 24.2 Å². The van der Waals surface area contributed by atoms with E-state index < -0.39 is 6.10 Å². The van der Waals surface area contributed by atoms with E-state index in [0.29, 0.717) is 32.9 Å². The van der Waals surface area contributed by atoms with E-state index in [0.717, 1.165) is 73.9 Å². The van der Waals surface area contributed by atoms with E-state index in [9.17, 15) is 5.11 Å². The van der Waals surface area contributed by atoms with Gasteiger partial charge in [-0.3, -0.25) is 0 Å². The Labute approximate surface area is 256 Å². The van der Waals surface area contributed by atoms with Gasteiger partial charge in [0.05, 0.1) is 50.9 Å². The van der Waals surface area contributed by atoms with Gasteiger partial charge in [0, 0.05) is 60.1 Å². The molecule has 1 saturated heterocycles. The van der Waals surface area contributed by atoms with Crippen molar-refractivity contribution in [3.8, 4) is 11.5 Å². The number of nitrogens with one attached hydrogen (secondary N) is 1. The number of piperidine rings is 1. The molecule has 0 bridgehead atoms. The number of methoxy groups -OCH3 is 3. The second-order valence-electron chi connectivity index (χ2n) is 11.1. The molecule has 2 N–H and O–H groups in total. The largest absolute Gasteiger partial charge is 0.494 e. The Balaban J connectivity index is 1.45. The molecule has 2 aromatic carbocycles. The minimum absolute atomic E-state index is 0.0294. The number of hydrogen-bond acceptors (Lipinski definition) is 10. The molecule has 240 valence electrons. The zero-order valence-corrected chi connectivity index (χ0v) is 26.0. The second kappa shape index (κ2) is 18.4. The molecular weight excluding hydrogens is 552 g/mol. The zero-order valence-electron chi connectivity index (χ0n) is 26.0. The molecule has 10 nitrogen and oxygen atoms in total. The lowest BCUT2D eigenvalue weighted by atomic mass is 9.85. The van der Waals surface area contributed by atoms with Crippen LogP contribution in [0.4, 0.5) is 5.69 Å². The number of unbranched alkanes of at least 4 members (excludes halogenated alkanes) is 1. The SMILES string of the molecule is COCCCCOc1ccc(C2[C@@H](OCc3ccc4c(c3)N(CCCOC)CCO4)CNC[C@H]2OCC(O)COC)cc1. The van der Waals surface area contributed by atoms with Crippen molar-refractivity contribution in [2.45, 2.75) is 50.1 Å². The molecule has 4 atom stereocenters. The number of benzene rings is 2. The summed E-state index contributed by atoms with van der Waals surface area (Å²) in [5, 5.41) is 13.7. The summed E-state index contributed by atoms with van der Waals surface area (Å²) in [5.41, 5.74) is 3.32. The van der Waals surface area contributed by atoms with E-state index in [4.69, 9.17) is 33.2 Å². The van der Waals surface area contributed by atoms with Crippen molar-refractivity contribution in [2.24, 2.45) is 0 Å². The standard InChI is InChI=1S/C33H50N2O8/c1-37-15-4-5-17-40-28-10-8-26(9-11-28)33-31(20-34-21-32(33)43-24-27(36)23-39-3)42-22-25-7-12-30-29(19-25)35(14-18-41-30)13-6-16-38-2/h7-12,19,27,31-34,36H,4-6,13-18,20-24H2,1-3H3/t27?,31-,32+,33?/m0/s1. The number of aliphatic hydroxyl groups excluding tert-OH is 1. The third-order valence-corrected chi connectivity index (χ3v) is 7.85. The molecule has 2 aliphatic heterocycles. The van der Waals surface area contributed by atoms with Gasteiger partial charge >= 0.3 is 0 Å². The van der Waals surface area contributed by atoms with Crippen LogP contribution in [-0.4, -0.2) is 111 Å². The summed E-state index contributed by atoms with van der Waals surface area (Å²) in [6, 6.07) is 14.5. The van der Waals surface area contributed by atoms with Gasteiger partial charge in [0.15, 0.2) is 0 Å². The summed E-state index contributed by atoms with van der Waals surface area (Å²) in [4.78, 5) is 2.36. The van der Waals surface area contributed by atoms with Crippen LogP contribution in [0.25, 0.3) is 0 Å². The van der Waals surface area contributed by atoms with Crippen molar-refractivity contribution in [2.75, 3.05) is 92.0 Å². The van der Waals surface area contributed by atoms with Crippen LogP contribution in [0.3, 0.4) is 0 Å². The molecule has 2 aromatic rings.